The van der Waals surface area contributed by atoms with E-state index in [1.54, 1.807) is 0 Å². The van der Waals surface area contributed by atoms with E-state index in [1.807, 2.05) is 6.92 Å². The maximum absolute atomic E-state index is 13.4. The number of halogens is 2. The second kappa shape index (κ2) is 5.70. The number of benzene rings is 1. The van der Waals surface area contributed by atoms with E-state index in [-0.39, 0.29) is 10.9 Å². The molecule has 1 aliphatic rings. The van der Waals surface area contributed by atoms with Crippen LogP contribution in [0.2, 0.25) is 5.02 Å². The van der Waals surface area contributed by atoms with Crippen LogP contribution < -0.4 is 4.74 Å². The molecule has 0 heterocycles. The summed E-state index contributed by atoms with van der Waals surface area (Å²) < 4.78 is 19.1. The van der Waals surface area contributed by atoms with Gasteiger partial charge in [-0.1, -0.05) is 18.5 Å². The van der Waals surface area contributed by atoms with Crippen LogP contribution in [0.15, 0.2) is 12.1 Å². The van der Waals surface area contributed by atoms with Crippen molar-refractivity contribution >= 4 is 17.9 Å². The maximum Gasteiger partial charge on any atom is 0.141 e. The predicted molar refractivity (Wildman–Crippen MR) is 68.7 cm³/mol. The van der Waals surface area contributed by atoms with Gasteiger partial charge in [-0.25, -0.2) is 4.39 Å². The highest BCUT2D eigenvalue weighted by Gasteiger charge is 2.24. The topological polar surface area (TPSA) is 26.3 Å². The Bertz CT molecular complexity index is 444. The first kappa shape index (κ1) is 13.3. The van der Waals surface area contributed by atoms with Crippen LogP contribution in [-0.2, 0) is 4.79 Å². The summed E-state index contributed by atoms with van der Waals surface area (Å²) in [6.45, 7) is 2.48. The van der Waals surface area contributed by atoms with E-state index in [4.69, 9.17) is 16.3 Å². The molecule has 1 saturated carbocycles. The number of rotatable bonds is 6. The highest BCUT2D eigenvalue weighted by molar-refractivity contribution is 6.32. The van der Waals surface area contributed by atoms with Crippen LogP contribution in [0.1, 0.15) is 37.7 Å². The minimum atomic E-state index is -0.397. The number of hydrogen-bond acceptors (Lipinski definition) is 2. The average molecular weight is 271 g/mol. The summed E-state index contributed by atoms with van der Waals surface area (Å²) in [5.41, 5.74) is 0.674. The van der Waals surface area contributed by atoms with Crippen molar-refractivity contribution < 1.29 is 13.9 Å². The Kier molecular flexibility index (Phi) is 4.23. The van der Waals surface area contributed by atoms with Gasteiger partial charge in [-0.15, -0.1) is 0 Å². The van der Waals surface area contributed by atoms with Crippen molar-refractivity contribution in [3.05, 3.63) is 28.5 Å². The molecule has 1 atom stereocenters. The molecule has 1 aliphatic carbocycles. The molecule has 1 aromatic rings. The molecule has 0 amide bonds. The minimum absolute atomic E-state index is 0.0927. The second-order valence-corrected chi connectivity index (χ2v) is 5.27. The molecular weight excluding hydrogens is 255 g/mol. The second-order valence-electron chi connectivity index (χ2n) is 4.86. The van der Waals surface area contributed by atoms with E-state index >= 15 is 0 Å². The zero-order valence-corrected chi connectivity index (χ0v) is 11.0. The highest BCUT2D eigenvalue weighted by atomic mass is 35.5. The monoisotopic (exact) mass is 270 g/mol. The Hall–Kier alpha value is -1.09. The van der Waals surface area contributed by atoms with Gasteiger partial charge >= 0.3 is 0 Å². The highest BCUT2D eigenvalue weighted by Crippen LogP contribution is 2.38. The molecule has 0 bridgehead atoms. The van der Waals surface area contributed by atoms with Crippen LogP contribution in [0, 0.1) is 11.7 Å². The van der Waals surface area contributed by atoms with Crippen molar-refractivity contribution in [1.29, 1.82) is 0 Å². The van der Waals surface area contributed by atoms with Crippen molar-refractivity contribution in [3.63, 3.8) is 0 Å². The fourth-order valence-corrected chi connectivity index (χ4v) is 2.12. The van der Waals surface area contributed by atoms with Crippen LogP contribution >= 0.6 is 11.6 Å². The van der Waals surface area contributed by atoms with Gasteiger partial charge in [0.15, 0.2) is 0 Å². The van der Waals surface area contributed by atoms with Gasteiger partial charge in [0.25, 0.3) is 0 Å². The Morgan fingerprint density at radius 3 is 2.89 bits per heavy atom. The lowest BCUT2D eigenvalue weighted by Gasteiger charge is -2.17. The molecule has 4 heteroatoms. The molecule has 1 unspecified atom stereocenters. The molecule has 1 aromatic carbocycles. The van der Waals surface area contributed by atoms with Crippen molar-refractivity contribution in [1.82, 2.24) is 0 Å². The largest absolute Gasteiger partial charge is 0.491 e. The first-order valence-corrected chi connectivity index (χ1v) is 6.55. The summed E-state index contributed by atoms with van der Waals surface area (Å²) in [7, 11) is 0. The quantitative estimate of drug-likeness (QED) is 0.732. The van der Waals surface area contributed by atoms with E-state index in [0.717, 1.165) is 6.29 Å². The normalized spacial score (nSPS) is 16.4. The SMILES string of the molecule is CC(CC=O)c1cc(F)cc(Cl)c1OCC1CC1. The number of carbonyl (C=O) groups is 1. The van der Waals surface area contributed by atoms with Gasteiger partial charge in [0, 0.05) is 12.0 Å². The van der Waals surface area contributed by atoms with Gasteiger partial charge < -0.3 is 9.53 Å². The third-order valence-corrected chi connectivity index (χ3v) is 3.46. The summed E-state index contributed by atoms with van der Waals surface area (Å²) >= 11 is 6.03. The smallest absolute Gasteiger partial charge is 0.141 e. The van der Waals surface area contributed by atoms with Crippen molar-refractivity contribution in [2.24, 2.45) is 5.92 Å². The summed E-state index contributed by atoms with van der Waals surface area (Å²) in [5.74, 6) is 0.635. The Morgan fingerprint density at radius 2 is 2.28 bits per heavy atom. The van der Waals surface area contributed by atoms with Gasteiger partial charge in [-0.2, -0.15) is 0 Å². The van der Waals surface area contributed by atoms with Gasteiger partial charge in [0.05, 0.1) is 11.6 Å². The molecule has 0 spiro atoms. The number of ether oxygens (including phenoxy) is 1. The number of aldehydes is 1. The zero-order valence-electron chi connectivity index (χ0n) is 10.3. The minimum Gasteiger partial charge on any atom is -0.491 e. The Balaban J connectivity index is 2.24. The van der Waals surface area contributed by atoms with Crippen LogP contribution in [0.3, 0.4) is 0 Å². The molecule has 2 rings (SSSR count). The maximum atomic E-state index is 13.4. The van der Waals surface area contributed by atoms with Crippen LogP contribution in [0.25, 0.3) is 0 Å². The van der Waals surface area contributed by atoms with E-state index in [9.17, 15) is 9.18 Å². The standard InChI is InChI=1S/C14H16ClFO2/c1-9(4-5-17)12-6-11(16)7-13(15)14(12)18-8-10-2-3-10/h5-7,9-10H,2-4,8H2,1H3. The van der Waals surface area contributed by atoms with Crippen LogP contribution in [0.4, 0.5) is 4.39 Å². The van der Waals surface area contributed by atoms with Gasteiger partial charge in [-0.3, -0.25) is 0 Å². The predicted octanol–water partition coefficient (Wildman–Crippen LogP) is 3.96. The van der Waals surface area contributed by atoms with Crippen LogP contribution in [-0.4, -0.2) is 12.9 Å². The molecule has 0 aliphatic heterocycles. The molecule has 2 nitrogen and oxygen atoms in total. The summed E-state index contributed by atoms with van der Waals surface area (Å²) in [4.78, 5) is 10.6. The Labute approximate surface area is 111 Å². The Morgan fingerprint density at radius 1 is 1.56 bits per heavy atom. The average Bonchev–Trinajstić information content (AvgIpc) is 3.11. The number of carbonyl (C=O) groups excluding carboxylic acids is 1. The first-order valence-electron chi connectivity index (χ1n) is 6.17. The van der Waals surface area contributed by atoms with Crippen molar-refractivity contribution in [3.8, 4) is 5.75 Å². The fourth-order valence-electron chi connectivity index (χ4n) is 1.86. The van der Waals surface area contributed by atoms with Crippen molar-refractivity contribution in [2.45, 2.75) is 32.1 Å². The van der Waals surface area contributed by atoms with E-state index < -0.39 is 5.82 Å². The molecule has 0 saturated heterocycles. The molecule has 98 valence electrons. The van der Waals surface area contributed by atoms with Crippen LogP contribution in [0.5, 0.6) is 5.75 Å². The van der Waals surface area contributed by atoms with E-state index in [1.165, 1.54) is 25.0 Å². The molecule has 18 heavy (non-hydrogen) atoms. The lowest BCUT2D eigenvalue weighted by Crippen LogP contribution is -2.05. The third-order valence-electron chi connectivity index (χ3n) is 3.18. The fraction of sp³-hybridized carbons (Fsp3) is 0.500. The lowest BCUT2D eigenvalue weighted by atomic mass is 9.97. The van der Waals surface area contributed by atoms with Gasteiger partial charge in [0.2, 0.25) is 0 Å². The van der Waals surface area contributed by atoms with Gasteiger partial charge in [0.1, 0.15) is 17.9 Å². The molecule has 0 aromatic heterocycles. The summed E-state index contributed by atoms with van der Waals surface area (Å²) in [5, 5.41) is 0.281. The number of hydrogen-bond donors (Lipinski definition) is 0. The van der Waals surface area contributed by atoms with E-state index in [2.05, 4.69) is 0 Å². The molecular formula is C14H16ClFO2. The molecule has 1 fully saturated rings. The van der Waals surface area contributed by atoms with E-state index in [0.29, 0.717) is 30.3 Å². The molecule has 0 radical (unpaired) electrons. The zero-order chi connectivity index (χ0) is 13.1. The first-order chi connectivity index (χ1) is 8.61. The summed E-state index contributed by atoms with van der Waals surface area (Å²) in [6, 6.07) is 2.66. The lowest BCUT2D eigenvalue weighted by molar-refractivity contribution is -0.108. The summed E-state index contributed by atoms with van der Waals surface area (Å²) in [6.07, 6.45) is 3.52. The molecule has 0 N–H and O–H groups in total. The van der Waals surface area contributed by atoms with Crippen molar-refractivity contribution in [2.75, 3.05) is 6.61 Å². The van der Waals surface area contributed by atoms with Gasteiger partial charge in [-0.05, 0) is 36.8 Å². The third kappa shape index (κ3) is 3.22.